The zero-order chi connectivity index (χ0) is 18.2. The van der Waals surface area contributed by atoms with E-state index in [9.17, 15) is 14.4 Å². The summed E-state index contributed by atoms with van der Waals surface area (Å²) in [6.07, 6.45) is 0.835. The lowest BCUT2D eigenvalue weighted by Crippen LogP contribution is -2.38. The summed E-state index contributed by atoms with van der Waals surface area (Å²) in [5.74, 6) is -0.687. The number of nitrogens with one attached hydrogen (secondary N) is 2. The number of hydrogen-bond acceptors (Lipinski definition) is 5. The Morgan fingerprint density at radius 2 is 2.04 bits per heavy atom. The predicted octanol–water partition coefficient (Wildman–Crippen LogP) is 1.42. The summed E-state index contributed by atoms with van der Waals surface area (Å²) in [5.41, 5.74) is 0.539. The van der Waals surface area contributed by atoms with Crippen molar-refractivity contribution in [3.63, 3.8) is 0 Å². The molecule has 0 fully saturated rings. The van der Waals surface area contributed by atoms with Gasteiger partial charge in [0.1, 0.15) is 6.54 Å². The molecule has 0 aromatic heterocycles. The summed E-state index contributed by atoms with van der Waals surface area (Å²) in [6, 6.07) is 6.95. The number of carbonyl (C=O) groups excluding carboxylic acids is 3. The summed E-state index contributed by atoms with van der Waals surface area (Å²) in [4.78, 5) is 41.0. The van der Waals surface area contributed by atoms with E-state index in [0.29, 0.717) is 22.4 Å². The molecule has 3 amide bonds. The van der Waals surface area contributed by atoms with E-state index in [4.69, 9.17) is 11.6 Å². The van der Waals surface area contributed by atoms with Crippen LogP contribution in [0, 0.1) is 0 Å². The number of hydrogen-bond donors (Lipinski definition) is 2. The second-order valence-corrected chi connectivity index (χ2v) is 6.54. The maximum atomic E-state index is 12.1. The Hall–Kier alpha value is -2.06. The highest BCUT2D eigenvalue weighted by molar-refractivity contribution is 8.14. The molecule has 2 rings (SSSR count). The van der Waals surface area contributed by atoms with Crippen LogP contribution in [0.3, 0.4) is 0 Å². The van der Waals surface area contributed by atoms with Crippen LogP contribution in [0.25, 0.3) is 0 Å². The molecule has 0 radical (unpaired) electrons. The average Bonchev–Trinajstić information content (AvgIpc) is 2.97. The number of halogens is 1. The molecule has 1 heterocycles. The van der Waals surface area contributed by atoms with E-state index in [2.05, 4.69) is 15.6 Å². The van der Waals surface area contributed by atoms with Crippen molar-refractivity contribution >= 4 is 51.9 Å². The van der Waals surface area contributed by atoms with Crippen LogP contribution in [0.5, 0.6) is 0 Å². The smallest absolute Gasteiger partial charge is 0.254 e. The first-order valence-electron chi connectivity index (χ1n) is 7.81. The van der Waals surface area contributed by atoms with E-state index in [-0.39, 0.29) is 36.6 Å². The molecule has 1 aromatic carbocycles. The summed E-state index contributed by atoms with van der Waals surface area (Å²) >= 11 is 7.27. The van der Waals surface area contributed by atoms with Gasteiger partial charge in [-0.1, -0.05) is 42.4 Å². The molecule has 0 aliphatic carbocycles. The van der Waals surface area contributed by atoms with Crippen molar-refractivity contribution in [3.8, 4) is 0 Å². The van der Waals surface area contributed by atoms with Gasteiger partial charge in [-0.3, -0.25) is 24.3 Å². The van der Waals surface area contributed by atoms with Crippen molar-refractivity contribution in [1.29, 1.82) is 0 Å². The maximum Gasteiger partial charge on any atom is 0.254 e. The van der Waals surface area contributed by atoms with Crippen LogP contribution >= 0.6 is 23.4 Å². The van der Waals surface area contributed by atoms with E-state index >= 15 is 0 Å². The second-order valence-electron chi connectivity index (χ2n) is 5.19. The molecule has 7 nitrogen and oxygen atoms in total. The standard InChI is InChI=1S/C16H19ClN4O3S/c1-2-7-18-13(22)8-19-14(23)10-25-16-20-9-15(24)21(16)12-6-4-3-5-11(12)17/h3-6H,2,7-10H2,1H3,(H,18,22)(H,19,23). The molecule has 0 unspecified atom stereocenters. The highest BCUT2D eigenvalue weighted by Crippen LogP contribution is 2.30. The number of anilines is 1. The second kappa shape index (κ2) is 9.43. The summed E-state index contributed by atoms with van der Waals surface area (Å²) in [7, 11) is 0. The number of amides is 3. The lowest BCUT2D eigenvalue weighted by atomic mass is 10.3. The van der Waals surface area contributed by atoms with Crippen LogP contribution < -0.4 is 15.5 Å². The van der Waals surface area contributed by atoms with Gasteiger partial charge in [-0.05, 0) is 18.6 Å². The highest BCUT2D eigenvalue weighted by atomic mass is 35.5. The summed E-state index contributed by atoms with van der Waals surface area (Å²) in [5, 5.41) is 6.06. The van der Waals surface area contributed by atoms with Crippen LogP contribution in [0.1, 0.15) is 13.3 Å². The van der Waals surface area contributed by atoms with Crippen molar-refractivity contribution in [2.75, 3.05) is 30.3 Å². The average molecular weight is 383 g/mol. The first kappa shape index (κ1) is 19.3. The number of thioether (sulfide) groups is 1. The minimum atomic E-state index is -0.308. The highest BCUT2D eigenvalue weighted by Gasteiger charge is 2.29. The zero-order valence-corrected chi connectivity index (χ0v) is 15.3. The van der Waals surface area contributed by atoms with Crippen LogP contribution in [0.15, 0.2) is 29.3 Å². The molecule has 25 heavy (non-hydrogen) atoms. The van der Waals surface area contributed by atoms with Gasteiger partial charge in [0.25, 0.3) is 5.91 Å². The molecule has 1 aliphatic rings. The predicted molar refractivity (Wildman–Crippen MR) is 100 cm³/mol. The number of amidine groups is 1. The summed E-state index contributed by atoms with van der Waals surface area (Å²) < 4.78 is 0. The van der Waals surface area contributed by atoms with Gasteiger partial charge in [-0.25, -0.2) is 0 Å². The normalized spacial score (nSPS) is 13.6. The van der Waals surface area contributed by atoms with Crippen molar-refractivity contribution in [2.24, 2.45) is 4.99 Å². The van der Waals surface area contributed by atoms with E-state index < -0.39 is 0 Å². The molecule has 1 aliphatic heterocycles. The molecule has 9 heteroatoms. The third kappa shape index (κ3) is 5.47. The molecular formula is C16H19ClN4O3S. The molecular weight excluding hydrogens is 364 g/mol. The minimum absolute atomic E-state index is 0.0224. The van der Waals surface area contributed by atoms with Crippen molar-refractivity contribution in [1.82, 2.24) is 10.6 Å². The number of para-hydroxylation sites is 1. The summed E-state index contributed by atoms with van der Waals surface area (Å²) in [6.45, 7) is 2.48. The molecule has 2 N–H and O–H groups in total. The van der Waals surface area contributed by atoms with E-state index in [1.807, 2.05) is 6.92 Å². The Morgan fingerprint density at radius 3 is 2.76 bits per heavy atom. The van der Waals surface area contributed by atoms with Crippen LogP contribution in [-0.2, 0) is 14.4 Å². The Bertz CT molecular complexity index is 696. The fraction of sp³-hybridized carbons (Fsp3) is 0.375. The number of benzene rings is 1. The molecule has 0 atom stereocenters. The van der Waals surface area contributed by atoms with E-state index in [1.54, 1.807) is 24.3 Å². The first-order chi connectivity index (χ1) is 12.0. The van der Waals surface area contributed by atoms with E-state index in [1.165, 1.54) is 4.90 Å². The SMILES string of the molecule is CCCNC(=O)CNC(=O)CSC1=NCC(=O)N1c1ccccc1Cl. The monoisotopic (exact) mass is 382 g/mol. The van der Waals surface area contributed by atoms with E-state index in [0.717, 1.165) is 18.2 Å². The lowest BCUT2D eigenvalue weighted by Gasteiger charge is -2.19. The third-order valence-corrected chi connectivity index (χ3v) is 4.53. The van der Waals surface area contributed by atoms with Gasteiger partial charge < -0.3 is 10.6 Å². The molecule has 0 saturated heterocycles. The van der Waals surface area contributed by atoms with Gasteiger partial charge in [0.05, 0.1) is 23.0 Å². The fourth-order valence-electron chi connectivity index (χ4n) is 2.05. The maximum absolute atomic E-state index is 12.1. The van der Waals surface area contributed by atoms with Gasteiger partial charge in [0.15, 0.2) is 5.17 Å². The van der Waals surface area contributed by atoms with Crippen LogP contribution in [0.2, 0.25) is 5.02 Å². The van der Waals surface area contributed by atoms with Crippen molar-refractivity contribution < 1.29 is 14.4 Å². The Kier molecular flexibility index (Phi) is 7.27. The van der Waals surface area contributed by atoms with Gasteiger partial charge in [-0.15, -0.1) is 0 Å². The van der Waals surface area contributed by atoms with Crippen LogP contribution in [0.4, 0.5) is 5.69 Å². The molecule has 134 valence electrons. The molecule has 0 spiro atoms. The fourth-order valence-corrected chi connectivity index (χ4v) is 3.12. The van der Waals surface area contributed by atoms with Crippen molar-refractivity contribution in [2.45, 2.75) is 13.3 Å². The number of rotatable bonds is 7. The number of carbonyl (C=O) groups is 3. The Morgan fingerprint density at radius 1 is 1.28 bits per heavy atom. The quantitative estimate of drug-likeness (QED) is 0.746. The lowest BCUT2D eigenvalue weighted by molar-refractivity contribution is -0.124. The van der Waals surface area contributed by atoms with Crippen molar-refractivity contribution in [3.05, 3.63) is 29.3 Å². The van der Waals surface area contributed by atoms with Crippen LogP contribution in [-0.4, -0.2) is 48.3 Å². The zero-order valence-electron chi connectivity index (χ0n) is 13.8. The molecule has 0 saturated carbocycles. The largest absolute Gasteiger partial charge is 0.355 e. The third-order valence-electron chi connectivity index (χ3n) is 3.23. The number of nitrogens with zero attached hydrogens (tertiary/aromatic N) is 2. The number of aliphatic imine (C=N–C) groups is 1. The minimum Gasteiger partial charge on any atom is -0.355 e. The molecule has 1 aromatic rings. The Labute approximate surface area is 155 Å². The van der Waals surface area contributed by atoms with Gasteiger partial charge >= 0.3 is 0 Å². The topological polar surface area (TPSA) is 90.9 Å². The molecule has 0 bridgehead atoms. The van der Waals surface area contributed by atoms with Gasteiger partial charge in [-0.2, -0.15) is 0 Å². The van der Waals surface area contributed by atoms with Gasteiger partial charge in [0.2, 0.25) is 11.8 Å². The first-order valence-corrected chi connectivity index (χ1v) is 9.17. The Balaban J connectivity index is 1.87. The van der Waals surface area contributed by atoms with Gasteiger partial charge in [0, 0.05) is 6.54 Å².